The third kappa shape index (κ3) is 2.71. The van der Waals surface area contributed by atoms with Crippen LogP contribution in [0.15, 0.2) is 41.3 Å². The van der Waals surface area contributed by atoms with Gasteiger partial charge in [0.1, 0.15) is 0 Å². The van der Waals surface area contributed by atoms with Gasteiger partial charge in [-0.3, -0.25) is 9.38 Å². The van der Waals surface area contributed by atoms with Gasteiger partial charge >= 0.3 is 0 Å². The number of thiazole rings is 1. The third-order valence-corrected chi connectivity index (χ3v) is 7.00. The fraction of sp³-hybridized carbons (Fsp3) is 0.250. The molecule has 0 atom stereocenters. The van der Waals surface area contributed by atoms with E-state index < -0.39 is 10.0 Å². The molecule has 26 heavy (non-hydrogen) atoms. The Hall–Kier alpha value is -1.94. The summed E-state index contributed by atoms with van der Waals surface area (Å²) in [5.74, 6) is 0. The van der Waals surface area contributed by atoms with E-state index in [-0.39, 0.29) is 10.2 Å². The number of pyridine rings is 1. The van der Waals surface area contributed by atoms with Crippen LogP contribution in [0.4, 0.5) is 0 Å². The minimum absolute atomic E-state index is 0.0247. The van der Waals surface area contributed by atoms with E-state index in [2.05, 4.69) is 14.9 Å². The highest BCUT2D eigenvalue weighted by atomic mass is 35.5. The van der Waals surface area contributed by atoms with Gasteiger partial charge in [0, 0.05) is 42.1 Å². The van der Waals surface area contributed by atoms with Gasteiger partial charge in [0.05, 0.1) is 5.52 Å². The van der Waals surface area contributed by atoms with Crippen molar-refractivity contribution in [3.63, 3.8) is 0 Å². The van der Waals surface area contributed by atoms with E-state index in [1.165, 1.54) is 19.7 Å². The van der Waals surface area contributed by atoms with Crippen molar-refractivity contribution in [2.75, 3.05) is 20.6 Å². The molecular weight excluding hydrogens is 394 g/mol. The van der Waals surface area contributed by atoms with Crippen molar-refractivity contribution in [2.24, 2.45) is 0 Å². The van der Waals surface area contributed by atoms with Gasteiger partial charge in [0.2, 0.25) is 5.03 Å². The highest BCUT2D eigenvalue weighted by Crippen LogP contribution is 2.31. The van der Waals surface area contributed by atoms with Crippen LogP contribution in [0.5, 0.6) is 0 Å². The van der Waals surface area contributed by atoms with Gasteiger partial charge < -0.3 is 4.90 Å². The predicted octanol–water partition coefficient (Wildman–Crippen LogP) is 2.74. The zero-order chi connectivity index (χ0) is 18.5. The first kappa shape index (κ1) is 17.5. The second kappa shape index (κ2) is 6.34. The van der Waals surface area contributed by atoms with Crippen molar-refractivity contribution in [3.8, 4) is 0 Å². The Balaban J connectivity index is 1.93. The smallest absolute Gasteiger partial charge is 0.287 e. The summed E-state index contributed by atoms with van der Waals surface area (Å²) in [6.07, 6.45) is 7.32. The van der Waals surface area contributed by atoms with Crippen LogP contribution < -0.4 is 0 Å². The fourth-order valence-corrected chi connectivity index (χ4v) is 5.72. The second-order valence-corrected chi connectivity index (χ2v) is 9.13. The molecule has 0 saturated carbocycles. The van der Waals surface area contributed by atoms with Gasteiger partial charge in [-0.25, -0.2) is 8.96 Å². The number of likely N-dealkylation sites (N-methyl/N-ethyl adjacent to an activating group) is 1. The van der Waals surface area contributed by atoms with Crippen LogP contribution in [0.25, 0.3) is 15.9 Å². The highest BCUT2D eigenvalue weighted by molar-refractivity contribution is 7.90. The molecule has 4 heterocycles. The molecule has 7 nitrogen and oxygen atoms in total. The summed E-state index contributed by atoms with van der Waals surface area (Å²) < 4.78 is 29.6. The third-order valence-electron chi connectivity index (χ3n) is 4.16. The molecule has 0 fully saturated rings. The van der Waals surface area contributed by atoms with Gasteiger partial charge in [-0.2, -0.15) is 8.42 Å². The van der Waals surface area contributed by atoms with Crippen LogP contribution in [-0.2, 0) is 16.4 Å². The van der Waals surface area contributed by atoms with Crippen LogP contribution in [0.1, 0.15) is 5.56 Å². The van der Waals surface area contributed by atoms with E-state index in [0.29, 0.717) is 16.9 Å². The first-order valence-electron chi connectivity index (χ1n) is 7.85. The van der Waals surface area contributed by atoms with Crippen molar-refractivity contribution in [2.45, 2.75) is 11.4 Å². The molecule has 4 aromatic rings. The molecule has 10 heteroatoms. The Kier molecular flexibility index (Phi) is 4.26. The van der Waals surface area contributed by atoms with E-state index in [4.69, 9.17) is 11.6 Å². The molecule has 0 amide bonds. The maximum absolute atomic E-state index is 13.4. The molecule has 0 saturated heterocycles. The quantitative estimate of drug-likeness (QED) is 0.506. The van der Waals surface area contributed by atoms with Crippen LogP contribution >= 0.6 is 22.9 Å². The van der Waals surface area contributed by atoms with E-state index in [0.717, 1.165) is 17.5 Å². The highest BCUT2D eigenvalue weighted by Gasteiger charge is 2.29. The molecular formula is C16H16ClN5O2S2. The molecule has 0 spiro atoms. The maximum atomic E-state index is 13.4. The van der Waals surface area contributed by atoms with Gasteiger partial charge in [0.25, 0.3) is 10.0 Å². The van der Waals surface area contributed by atoms with E-state index >= 15 is 0 Å². The predicted molar refractivity (Wildman–Crippen MR) is 103 cm³/mol. The van der Waals surface area contributed by atoms with E-state index in [1.54, 1.807) is 36.2 Å². The molecule has 0 N–H and O–H groups in total. The second-order valence-electron chi connectivity index (χ2n) is 6.16. The van der Waals surface area contributed by atoms with Crippen molar-refractivity contribution in [1.29, 1.82) is 0 Å². The van der Waals surface area contributed by atoms with Crippen molar-refractivity contribution < 1.29 is 8.42 Å². The minimum Gasteiger partial charge on any atom is -0.309 e. The molecule has 0 aromatic carbocycles. The summed E-state index contributed by atoms with van der Waals surface area (Å²) in [5, 5.41) is 2.55. The number of hydrogen-bond acceptors (Lipinski definition) is 6. The summed E-state index contributed by atoms with van der Waals surface area (Å²) >= 11 is 7.50. The average molecular weight is 410 g/mol. The van der Waals surface area contributed by atoms with Crippen LogP contribution in [0.3, 0.4) is 0 Å². The molecule has 0 bridgehead atoms. The Morgan fingerprint density at radius 2 is 2.15 bits per heavy atom. The molecule has 0 aliphatic heterocycles. The average Bonchev–Trinajstić information content (AvgIpc) is 3.25. The zero-order valence-electron chi connectivity index (χ0n) is 14.1. The number of rotatable bonds is 5. The van der Waals surface area contributed by atoms with Crippen LogP contribution in [0.2, 0.25) is 5.15 Å². The molecule has 4 aromatic heterocycles. The molecule has 0 aliphatic carbocycles. The lowest BCUT2D eigenvalue weighted by Crippen LogP contribution is -2.15. The minimum atomic E-state index is -3.92. The normalized spacial score (nSPS) is 12.6. The number of imidazole rings is 1. The number of nitrogens with zero attached hydrogens (tertiary/aromatic N) is 5. The van der Waals surface area contributed by atoms with Crippen molar-refractivity contribution in [3.05, 3.63) is 47.0 Å². The van der Waals surface area contributed by atoms with Crippen molar-refractivity contribution in [1.82, 2.24) is 23.2 Å². The van der Waals surface area contributed by atoms with Crippen LogP contribution in [-0.4, -0.2) is 52.3 Å². The lowest BCUT2D eigenvalue weighted by Gasteiger charge is -2.08. The number of halogens is 1. The Labute approximate surface area is 159 Å². The lowest BCUT2D eigenvalue weighted by molar-refractivity contribution is 0.414. The standard InChI is InChI=1S/C16H16ClN5O2S2/c1-20(2)6-4-11-10-22(13-3-5-18-9-12(11)13)26(23,24)15-14(17)19-16-21(15)7-8-25-16/h3,5,7-10H,4,6H2,1-2H3. The Bertz CT molecular complexity index is 1210. The number of fused-ring (bicyclic) bond motifs is 2. The Morgan fingerprint density at radius 1 is 1.35 bits per heavy atom. The summed E-state index contributed by atoms with van der Waals surface area (Å²) in [5.41, 5.74) is 1.50. The molecule has 136 valence electrons. The first-order chi connectivity index (χ1) is 12.4. The SMILES string of the molecule is CN(C)CCc1cn(S(=O)(=O)c2c(Cl)nc3sccn23)c2ccncc12. The lowest BCUT2D eigenvalue weighted by atomic mass is 10.1. The largest absolute Gasteiger partial charge is 0.309 e. The summed E-state index contributed by atoms with van der Waals surface area (Å²) in [6.45, 7) is 0.802. The molecule has 0 unspecified atom stereocenters. The first-order valence-corrected chi connectivity index (χ1v) is 10.5. The number of aromatic nitrogens is 4. The summed E-state index contributed by atoms with van der Waals surface area (Å²) in [4.78, 5) is 10.9. The molecule has 4 rings (SSSR count). The molecule has 0 radical (unpaired) electrons. The summed E-state index contributed by atoms with van der Waals surface area (Å²) in [6, 6.07) is 1.70. The van der Waals surface area contributed by atoms with Crippen LogP contribution in [0, 0.1) is 0 Å². The summed E-state index contributed by atoms with van der Waals surface area (Å²) in [7, 11) is 0.0427. The monoisotopic (exact) mass is 409 g/mol. The Morgan fingerprint density at radius 3 is 2.92 bits per heavy atom. The van der Waals surface area contributed by atoms with Gasteiger partial charge in [-0.1, -0.05) is 11.6 Å². The topological polar surface area (TPSA) is 72.5 Å². The van der Waals surface area contributed by atoms with Gasteiger partial charge in [0.15, 0.2) is 10.1 Å². The van der Waals surface area contributed by atoms with E-state index in [1.807, 2.05) is 14.1 Å². The van der Waals surface area contributed by atoms with Gasteiger partial charge in [-0.05, 0) is 32.1 Å². The van der Waals surface area contributed by atoms with Gasteiger partial charge in [-0.15, -0.1) is 11.3 Å². The maximum Gasteiger partial charge on any atom is 0.287 e. The fourth-order valence-electron chi connectivity index (χ4n) is 2.91. The van der Waals surface area contributed by atoms with Crippen molar-refractivity contribution >= 4 is 48.8 Å². The van der Waals surface area contributed by atoms with E-state index in [9.17, 15) is 8.42 Å². The molecule has 0 aliphatic rings. The number of hydrogen-bond donors (Lipinski definition) is 0. The zero-order valence-corrected chi connectivity index (χ0v) is 16.5.